The zero-order chi connectivity index (χ0) is 19.4. The van der Waals surface area contributed by atoms with Gasteiger partial charge in [-0.15, -0.1) is 0 Å². The van der Waals surface area contributed by atoms with Crippen LogP contribution >= 0.6 is 0 Å². The van der Waals surface area contributed by atoms with Crippen LogP contribution in [0.5, 0.6) is 0 Å². The number of hydrogen-bond acceptors (Lipinski definition) is 2. The molecule has 1 heterocycles. The predicted octanol–water partition coefficient (Wildman–Crippen LogP) is 4.32. The zero-order valence-corrected chi connectivity index (χ0v) is 15.8. The minimum Gasteiger partial charge on any atom is -0.349 e. The van der Waals surface area contributed by atoms with Gasteiger partial charge < -0.3 is 5.32 Å². The summed E-state index contributed by atoms with van der Waals surface area (Å²) in [4.78, 5) is 14.2. The number of benzene rings is 2. The molecular weight excluding hydrogens is 346 g/mol. The molecule has 1 N–H and O–H groups in total. The van der Waals surface area contributed by atoms with E-state index in [0.717, 1.165) is 30.5 Å². The van der Waals surface area contributed by atoms with Gasteiger partial charge in [-0.1, -0.05) is 53.6 Å². The number of hydrogen-bond donors (Lipinski definition) is 1. The van der Waals surface area contributed by atoms with Crippen LogP contribution < -0.4 is 5.32 Å². The third-order valence-electron chi connectivity index (χ3n) is 4.99. The summed E-state index contributed by atoms with van der Waals surface area (Å²) in [5.41, 5.74) is 5.96. The molecule has 0 aromatic heterocycles. The van der Waals surface area contributed by atoms with Crippen LogP contribution in [0.15, 0.2) is 42.5 Å². The van der Waals surface area contributed by atoms with Crippen molar-refractivity contribution in [2.45, 2.75) is 45.7 Å². The number of halogens is 2. The number of nitrogens with one attached hydrogen (secondary N) is 1. The Hall–Kier alpha value is -2.27. The van der Waals surface area contributed by atoms with Crippen molar-refractivity contribution in [3.05, 3.63) is 59.2 Å². The molecule has 0 radical (unpaired) electrons. The summed E-state index contributed by atoms with van der Waals surface area (Å²) in [5, 5.41) is 2.35. The number of carbonyl (C=O) groups excluding carboxylic acids is 1. The van der Waals surface area contributed by atoms with Crippen LogP contribution in [-0.4, -0.2) is 36.4 Å². The van der Waals surface area contributed by atoms with Gasteiger partial charge in [0.05, 0.1) is 12.6 Å². The van der Waals surface area contributed by atoms with E-state index in [9.17, 15) is 13.6 Å². The molecule has 1 aliphatic heterocycles. The third kappa shape index (κ3) is 5.13. The number of likely N-dealkylation sites (tertiary alicyclic amines) is 1. The summed E-state index contributed by atoms with van der Waals surface area (Å²) >= 11 is 0. The van der Waals surface area contributed by atoms with Crippen molar-refractivity contribution in [2.24, 2.45) is 0 Å². The molecule has 2 aromatic carbocycles. The summed E-state index contributed by atoms with van der Waals surface area (Å²) < 4.78 is 24.7. The van der Waals surface area contributed by atoms with Crippen molar-refractivity contribution in [3.63, 3.8) is 0 Å². The molecule has 1 aliphatic rings. The maximum absolute atomic E-state index is 12.3. The topological polar surface area (TPSA) is 32.3 Å². The standard InChI is InChI=1S/C22H26F2N2O/c1-15-10-16(2)12-19(11-15)18-7-5-17(6-8-18)14-26-9-3-4-20(26)22(27)25-13-21(23)24/h5-8,10-12,20-21H,3-4,9,13-14H2,1-2H3,(H,25,27). The first-order chi connectivity index (χ1) is 12.9. The van der Waals surface area contributed by atoms with Gasteiger partial charge in [0, 0.05) is 6.54 Å². The fourth-order valence-corrected chi connectivity index (χ4v) is 3.79. The van der Waals surface area contributed by atoms with Gasteiger partial charge in [0.15, 0.2) is 0 Å². The molecule has 1 saturated heterocycles. The number of rotatable bonds is 6. The van der Waals surface area contributed by atoms with Crippen LogP contribution in [0.1, 0.15) is 29.5 Å². The Kier molecular flexibility index (Phi) is 6.22. The molecule has 1 unspecified atom stereocenters. The highest BCUT2D eigenvalue weighted by molar-refractivity contribution is 5.82. The molecule has 0 bridgehead atoms. The first-order valence-electron chi connectivity index (χ1n) is 9.40. The van der Waals surface area contributed by atoms with Crippen LogP contribution in [0.25, 0.3) is 11.1 Å². The van der Waals surface area contributed by atoms with Crippen LogP contribution in [0.4, 0.5) is 8.78 Å². The average molecular weight is 372 g/mol. The van der Waals surface area contributed by atoms with Crippen LogP contribution in [0.3, 0.4) is 0 Å². The Balaban J connectivity index is 1.66. The normalized spacial score (nSPS) is 17.4. The molecule has 144 valence electrons. The number of nitrogens with zero attached hydrogens (tertiary/aromatic N) is 1. The highest BCUT2D eigenvalue weighted by Crippen LogP contribution is 2.25. The smallest absolute Gasteiger partial charge is 0.255 e. The maximum atomic E-state index is 12.3. The van der Waals surface area contributed by atoms with Gasteiger partial charge >= 0.3 is 0 Å². The first-order valence-corrected chi connectivity index (χ1v) is 9.40. The van der Waals surface area contributed by atoms with Gasteiger partial charge in [-0.25, -0.2) is 8.78 Å². The lowest BCUT2D eigenvalue weighted by Gasteiger charge is -2.23. The molecule has 2 aromatic rings. The summed E-state index contributed by atoms with van der Waals surface area (Å²) in [6, 6.07) is 14.6. The molecule has 5 heteroatoms. The fourth-order valence-electron chi connectivity index (χ4n) is 3.79. The Labute approximate surface area is 159 Å². The Morgan fingerprint density at radius 1 is 1.11 bits per heavy atom. The van der Waals surface area contributed by atoms with Crippen molar-refractivity contribution in [1.82, 2.24) is 10.2 Å². The average Bonchev–Trinajstić information content (AvgIpc) is 3.07. The van der Waals surface area contributed by atoms with Gasteiger partial charge in [0.1, 0.15) is 0 Å². The number of aryl methyl sites for hydroxylation is 2. The van der Waals surface area contributed by atoms with Crippen molar-refractivity contribution >= 4 is 5.91 Å². The number of amides is 1. The highest BCUT2D eigenvalue weighted by atomic mass is 19.3. The van der Waals surface area contributed by atoms with Crippen LogP contribution in [0.2, 0.25) is 0 Å². The van der Waals surface area contributed by atoms with E-state index in [1.807, 2.05) is 0 Å². The van der Waals surface area contributed by atoms with Crippen molar-refractivity contribution in [1.29, 1.82) is 0 Å². The Morgan fingerprint density at radius 2 is 1.78 bits per heavy atom. The minimum absolute atomic E-state index is 0.292. The molecule has 0 saturated carbocycles. The second kappa shape index (κ2) is 8.61. The number of carbonyl (C=O) groups is 1. The van der Waals surface area contributed by atoms with E-state index in [0.29, 0.717) is 6.54 Å². The van der Waals surface area contributed by atoms with E-state index in [-0.39, 0.29) is 11.9 Å². The molecule has 1 atom stereocenters. The minimum atomic E-state index is -2.51. The van der Waals surface area contributed by atoms with E-state index in [1.165, 1.54) is 16.7 Å². The highest BCUT2D eigenvalue weighted by Gasteiger charge is 2.30. The van der Waals surface area contributed by atoms with E-state index >= 15 is 0 Å². The fraction of sp³-hybridized carbons (Fsp3) is 0.409. The lowest BCUT2D eigenvalue weighted by molar-refractivity contribution is -0.126. The number of alkyl halides is 2. The Bertz CT molecular complexity index is 769. The van der Waals surface area contributed by atoms with E-state index in [2.05, 4.69) is 66.5 Å². The molecule has 3 nitrogen and oxygen atoms in total. The van der Waals surface area contributed by atoms with E-state index in [1.54, 1.807) is 0 Å². The second-order valence-electron chi connectivity index (χ2n) is 7.34. The van der Waals surface area contributed by atoms with Gasteiger partial charge in [-0.05, 0) is 49.9 Å². The van der Waals surface area contributed by atoms with Gasteiger partial charge in [0.2, 0.25) is 5.91 Å². The summed E-state index contributed by atoms with van der Waals surface area (Å²) in [7, 11) is 0. The molecule has 0 spiro atoms. The van der Waals surface area contributed by atoms with Gasteiger partial charge in [-0.3, -0.25) is 9.69 Å². The quantitative estimate of drug-likeness (QED) is 0.819. The van der Waals surface area contributed by atoms with Gasteiger partial charge in [-0.2, -0.15) is 0 Å². The maximum Gasteiger partial charge on any atom is 0.255 e. The van der Waals surface area contributed by atoms with Gasteiger partial charge in [0.25, 0.3) is 6.43 Å². The Morgan fingerprint density at radius 3 is 2.41 bits per heavy atom. The van der Waals surface area contributed by atoms with E-state index < -0.39 is 13.0 Å². The SMILES string of the molecule is Cc1cc(C)cc(-c2ccc(CN3CCCC3C(=O)NCC(F)F)cc2)c1. The van der Waals surface area contributed by atoms with Crippen molar-refractivity contribution in [3.8, 4) is 11.1 Å². The molecular formula is C22H26F2N2O. The lowest BCUT2D eigenvalue weighted by atomic mass is 9.99. The molecule has 0 aliphatic carbocycles. The summed E-state index contributed by atoms with van der Waals surface area (Å²) in [6.07, 6.45) is -0.884. The summed E-state index contributed by atoms with van der Waals surface area (Å²) in [5.74, 6) is -0.292. The third-order valence-corrected chi connectivity index (χ3v) is 4.99. The lowest BCUT2D eigenvalue weighted by Crippen LogP contribution is -2.44. The molecule has 1 amide bonds. The monoisotopic (exact) mass is 372 g/mol. The van der Waals surface area contributed by atoms with Crippen molar-refractivity contribution in [2.75, 3.05) is 13.1 Å². The van der Waals surface area contributed by atoms with Crippen molar-refractivity contribution < 1.29 is 13.6 Å². The largest absolute Gasteiger partial charge is 0.349 e. The summed E-state index contributed by atoms with van der Waals surface area (Å²) in [6.45, 7) is 5.08. The predicted molar refractivity (Wildman–Crippen MR) is 104 cm³/mol. The molecule has 27 heavy (non-hydrogen) atoms. The van der Waals surface area contributed by atoms with E-state index in [4.69, 9.17) is 0 Å². The molecule has 1 fully saturated rings. The van der Waals surface area contributed by atoms with Crippen LogP contribution in [0, 0.1) is 13.8 Å². The first kappa shape index (κ1) is 19.5. The van der Waals surface area contributed by atoms with Crippen LogP contribution in [-0.2, 0) is 11.3 Å². The molecule has 3 rings (SSSR count). The zero-order valence-electron chi connectivity index (χ0n) is 15.8. The second-order valence-corrected chi connectivity index (χ2v) is 7.34.